The first-order valence-corrected chi connectivity index (χ1v) is 5.25. The molecule has 1 aliphatic heterocycles. The normalized spacial score (nSPS) is 24.5. The van der Waals surface area contributed by atoms with Gasteiger partial charge in [0.2, 0.25) is 11.3 Å². The molecule has 4 nitrogen and oxygen atoms in total. The van der Waals surface area contributed by atoms with Crippen molar-refractivity contribution < 1.29 is 8.76 Å². The second kappa shape index (κ2) is 4.30. The minimum Gasteiger partial charge on any atom is -0.293 e. The smallest absolute Gasteiger partial charge is 0.246 e. The fraction of sp³-hybridized carbons (Fsp3) is 1.00. The summed E-state index contributed by atoms with van der Waals surface area (Å²) in [5.74, 6) is 2.06. The Labute approximate surface area is 66.7 Å². The molecule has 0 amide bonds. The quantitative estimate of drug-likeness (QED) is 0.575. The molecule has 0 aromatic carbocycles. The van der Waals surface area contributed by atoms with Crippen LogP contribution >= 0.6 is 11.8 Å². The lowest BCUT2D eigenvalue weighted by Gasteiger charge is -2.24. The van der Waals surface area contributed by atoms with Crippen LogP contribution in [0.3, 0.4) is 0 Å². The lowest BCUT2D eigenvalue weighted by atomic mass is 10.6. The summed E-state index contributed by atoms with van der Waals surface area (Å²) in [4.78, 5) is 2.43. The Hall–Kier alpha value is 0.380. The zero-order valence-corrected chi connectivity index (χ0v) is 7.08. The number of hydrogen-bond acceptors (Lipinski definition) is 3. The molecule has 1 heterocycles. The molecule has 2 N–H and O–H groups in total. The maximum absolute atomic E-state index is 10.2. The predicted octanol–water partition coefficient (Wildman–Crippen LogP) is -0.323. The van der Waals surface area contributed by atoms with Gasteiger partial charge in [-0.25, -0.2) is 9.22 Å². The molecule has 0 radical (unpaired) electrons. The lowest BCUT2D eigenvalue weighted by molar-refractivity contribution is 0.264. The topological polar surface area (TPSA) is 52.6 Å². The van der Waals surface area contributed by atoms with E-state index in [4.69, 9.17) is 4.55 Å². The predicted molar refractivity (Wildman–Crippen MR) is 42.8 cm³/mol. The minimum absolute atomic E-state index is 0.844. The van der Waals surface area contributed by atoms with Gasteiger partial charge in [0.15, 0.2) is 0 Å². The van der Waals surface area contributed by atoms with Gasteiger partial charge in [0, 0.05) is 24.6 Å². The van der Waals surface area contributed by atoms with Gasteiger partial charge in [-0.15, -0.1) is 4.83 Å². The van der Waals surface area contributed by atoms with E-state index in [1.807, 2.05) is 11.8 Å². The standard InChI is InChI=1S/C4H10N2O2S2/c7-10(8)5-6-1-3-9-4-2-6/h5H,1-4H2,(H,7,8). The highest BCUT2D eigenvalue weighted by molar-refractivity contribution is 7.99. The van der Waals surface area contributed by atoms with Crippen LogP contribution in [0.15, 0.2) is 0 Å². The fourth-order valence-electron chi connectivity index (χ4n) is 0.765. The SMILES string of the molecule is O=S(O)NN1CCSCC1. The molecule has 1 unspecified atom stereocenters. The number of rotatable bonds is 2. The van der Waals surface area contributed by atoms with Crippen molar-refractivity contribution in [3.8, 4) is 0 Å². The lowest BCUT2D eigenvalue weighted by Crippen LogP contribution is -2.44. The molecule has 0 saturated carbocycles. The molecule has 6 heteroatoms. The third-order valence-electron chi connectivity index (χ3n) is 1.22. The van der Waals surface area contributed by atoms with Crippen molar-refractivity contribution in [2.24, 2.45) is 0 Å². The Morgan fingerprint density at radius 1 is 1.50 bits per heavy atom. The minimum atomic E-state index is -1.90. The summed E-state index contributed by atoms with van der Waals surface area (Å²) in [6.07, 6.45) is 0. The Morgan fingerprint density at radius 2 is 2.10 bits per heavy atom. The van der Waals surface area contributed by atoms with Crippen LogP contribution in [-0.2, 0) is 11.3 Å². The van der Waals surface area contributed by atoms with Gasteiger partial charge in [0.1, 0.15) is 0 Å². The summed E-state index contributed by atoms with van der Waals surface area (Å²) in [7, 11) is 0. The van der Waals surface area contributed by atoms with Crippen LogP contribution in [0.25, 0.3) is 0 Å². The summed E-state index contributed by atoms with van der Waals surface area (Å²) in [6.45, 7) is 1.69. The van der Waals surface area contributed by atoms with Crippen LogP contribution in [0.1, 0.15) is 0 Å². The van der Waals surface area contributed by atoms with Gasteiger partial charge in [0.25, 0.3) is 0 Å². The highest BCUT2D eigenvalue weighted by Gasteiger charge is 2.10. The fourth-order valence-corrected chi connectivity index (χ4v) is 2.07. The van der Waals surface area contributed by atoms with E-state index >= 15 is 0 Å². The van der Waals surface area contributed by atoms with Crippen LogP contribution in [0, 0.1) is 0 Å². The van der Waals surface area contributed by atoms with E-state index in [1.54, 1.807) is 5.01 Å². The van der Waals surface area contributed by atoms with Crippen molar-refractivity contribution in [2.75, 3.05) is 24.6 Å². The van der Waals surface area contributed by atoms with Gasteiger partial charge in [-0.05, 0) is 0 Å². The Balaban J connectivity index is 2.19. The van der Waals surface area contributed by atoms with Crippen molar-refractivity contribution in [1.82, 2.24) is 9.84 Å². The maximum atomic E-state index is 10.2. The molecule has 0 aromatic heterocycles. The summed E-state index contributed by atoms with van der Waals surface area (Å²) < 4.78 is 18.6. The van der Waals surface area contributed by atoms with Gasteiger partial charge in [-0.1, -0.05) is 0 Å². The van der Waals surface area contributed by atoms with Crippen molar-refractivity contribution in [1.29, 1.82) is 0 Å². The van der Waals surface area contributed by atoms with Gasteiger partial charge < -0.3 is 0 Å². The van der Waals surface area contributed by atoms with E-state index in [0.29, 0.717) is 0 Å². The Kier molecular flexibility index (Phi) is 3.64. The summed E-state index contributed by atoms with van der Waals surface area (Å²) in [5.41, 5.74) is 0. The van der Waals surface area contributed by atoms with E-state index in [9.17, 15) is 4.21 Å². The molecule has 1 atom stereocenters. The molecule has 0 aromatic rings. The first kappa shape index (κ1) is 8.48. The van der Waals surface area contributed by atoms with E-state index in [1.165, 1.54) is 0 Å². The van der Waals surface area contributed by atoms with E-state index < -0.39 is 11.3 Å². The zero-order chi connectivity index (χ0) is 7.40. The van der Waals surface area contributed by atoms with Crippen LogP contribution in [0.4, 0.5) is 0 Å². The molecule has 1 aliphatic rings. The van der Waals surface area contributed by atoms with Crippen molar-refractivity contribution in [2.45, 2.75) is 0 Å². The number of nitrogens with one attached hydrogen (secondary N) is 1. The van der Waals surface area contributed by atoms with Crippen molar-refractivity contribution in [3.05, 3.63) is 0 Å². The van der Waals surface area contributed by atoms with Crippen molar-refractivity contribution >= 4 is 23.0 Å². The summed E-state index contributed by atoms with van der Waals surface area (Å²) >= 11 is -0.0330. The number of hydrazine groups is 1. The van der Waals surface area contributed by atoms with Crippen LogP contribution in [0.5, 0.6) is 0 Å². The van der Waals surface area contributed by atoms with E-state index in [0.717, 1.165) is 24.6 Å². The number of hydrogen-bond donors (Lipinski definition) is 2. The second-order valence-corrected chi connectivity index (χ2v) is 3.85. The second-order valence-electron chi connectivity index (χ2n) is 1.94. The Morgan fingerprint density at radius 3 is 2.60 bits per heavy atom. The summed E-state index contributed by atoms with van der Waals surface area (Å²) in [5, 5.41) is 1.77. The molecular weight excluding hydrogens is 172 g/mol. The zero-order valence-electron chi connectivity index (χ0n) is 5.45. The van der Waals surface area contributed by atoms with Crippen LogP contribution < -0.4 is 4.83 Å². The van der Waals surface area contributed by atoms with E-state index in [2.05, 4.69) is 4.83 Å². The monoisotopic (exact) mass is 182 g/mol. The molecule has 10 heavy (non-hydrogen) atoms. The highest BCUT2D eigenvalue weighted by Crippen LogP contribution is 2.06. The van der Waals surface area contributed by atoms with Gasteiger partial charge in [-0.3, -0.25) is 4.55 Å². The maximum Gasteiger partial charge on any atom is 0.246 e. The average Bonchev–Trinajstić information content (AvgIpc) is 1.88. The van der Waals surface area contributed by atoms with Crippen molar-refractivity contribution in [3.63, 3.8) is 0 Å². The average molecular weight is 182 g/mol. The molecule has 1 fully saturated rings. The molecular formula is C4H10N2O2S2. The molecule has 1 rings (SSSR count). The third kappa shape index (κ3) is 2.98. The molecule has 60 valence electrons. The molecule has 0 spiro atoms. The molecule has 0 bridgehead atoms. The molecule has 1 saturated heterocycles. The van der Waals surface area contributed by atoms with Gasteiger partial charge >= 0.3 is 0 Å². The third-order valence-corrected chi connectivity index (χ3v) is 2.58. The van der Waals surface area contributed by atoms with Crippen LogP contribution in [0.2, 0.25) is 0 Å². The highest BCUT2D eigenvalue weighted by atomic mass is 32.2. The number of nitrogens with zero attached hydrogens (tertiary/aromatic N) is 1. The van der Waals surface area contributed by atoms with Gasteiger partial charge in [-0.2, -0.15) is 11.8 Å². The Bertz CT molecular complexity index is 126. The summed E-state index contributed by atoms with van der Waals surface area (Å²) in [6, 6.07) is 0. The largest absolute Gasteiger partial charge is 0.293 e. The first-order valence-electron chi connectivity index (χ1n) is 2.99. The first-order chi connectivity index (χ1) is 4.79. The number of thioether (sulfide) groups is 1. The van der Waals surface area contributed by atoms with Gasteiger partial charge in [0.05, 0.1) is 0 Å². The molecule has 0 aliphatic carbocycles. The van der Waals surface area contributed by atoms with Crippen LogP contribution in [-0.4, -0.2) is 38.4 Å². The van der Waals surface area contributed by atoms with E-state index in [-0.39, 0.29) is 0 Å².